The maximum atomic E-state index is 13.2. The first-order valence-electron chi connectivity index (χ1n) is 10.1. The van der Waals surface area contributed by atoms with Gasteiger partial charge in [-0.05, 0) is 37.6 Å². The van der Waals surface area contributed by atoms with Crippen molar-refractivity contribution < 1.29 is 13.9 Å². The van der Waals surface area contributed by atoms with Gasteiger partial charge in [0.1, 0.15) is 17.2 Å². The number of ether oxygens (including phenoxy) is 1. The van der Waals surface area contributed by atoms with Crippen LogP contribution in [0, 0.1) is 5.82 Å². The molecule has 1 amide bonds. The lowest BCUT2D eigenvalue weighted by Gasteiger charge is -2.38. The van der Waals surface area contributed by atoms with Crippen LogP contribution in [0.4, 0.5) is 4.39 Å². The van der Waals surface area contributed by atoms with E-state index in [-0.39, 0.29) is 53.8 Å². The monoisotopic (exact) mass is 540 g/mol. The molecule has 2 aromatic carbocycles. The van der Waals surface area contributed by atoms with Crippen LogP contribution in [0.2, 0.25) is 0 Å². The number of hydrogen-bond donors (Lipinski definition) is 3. The maximum absolute atomic E-state index is 13.2. The third-order valence-corrected chi connectivity index (χ3v) is 4.90. The summed E-state index contributed by atoms with van der Waals surface area (Å²) in [7, 11) is 1.72. The Hall–Kier alpha value is -2.36. The molecule has 3 rings (SSSR count). The van der Waals surface area contributed by atoms with Gasteiger partial charge in [-0.2, -0.15) is 0 Å². The smallest absolute Gasteiger partial charge is 0.224 e. The van der Waals surface area contributed by atoms with Crippen molar-refractivity contribution in [2.45, 2.75) is 38.3 Å². The summed E-state index contributed by atoms with van der Waals surface area (Å²) in [4.78, 5) is 16.3. The van der Waals surface area contributed by atoms with E-state index < -0.39 is 0 Å². The summed E-state index contributed by atoms with van der Waals surface area (Å²) in [6.07, 6.45) is 0.952. The van der Waals surface area contributed by atoms with E-state index in [9.17, 15) is 9.18 Å². The van der Waals surface area contributed by atoms with E-state index in [0.29, 0.717) is 24.6 Å². The molecule has 0 bridgehead atoms. The van der Waals surface area contributed by atoms with E-state index in [2.05, 4.69) is 40.9 Å². The van der Waals surface area contributed by atoms with Crippen molar-refractivity contribution in [1.82, 2.24) is 16.0 Å². The molecule has 3 N–H and O–H groups in total. The fourth-order valence-corrected chi connectivity index (χ4v) is 3.57. The number of benzene rings is 2. The summed E-state index contributed by atoms with van der Waals surface area (Å²) >= 11 is 0. The van der Waals surface area contributed by atoms with Crippen molar-refractivity contribution in [2.75, 3.05) is 20.1 Å². The van der Waals surface area contributed by atoms with Gasteiger partial charge in [0.15, 0.2) is 5.96 Å². The van der Waals surface area contributed by atoms with Gasteiger partial charge in [-0.1, -0.05) is 30.3 Å². The number of para-hydroxylation sites is 1. The minimum atomic E-state index is -0.338. The Kier molecular flexibility index (Phi) is 9.09. The Morgan fingerprint density at radius 2 is 1.90 bits per heavy atom. The van der Waals surface area contributed by atoms with Crippen molar-refractivity contribution in [3.8, 4) is 5.75 Å². The first-order valence-corrected chi connectivity index (χ1v) is 10.1. The van der Waals surface area contributed by atoms with E-state index in [0.717, 1.165) is 17.7 Å². The second-order valence-electron chi connectivity index (χ2n) is 7.96. The van der Waals surface area contributed by atoms with Crippen LogP contribution in [0.1, 0.15) is 37.4 Å². The fraction of sp³-hybridized carbons (Fsp3) is 0.391. The quantitative estimate of drug-likeness (QED) is 0.227. The molecule has 0 aromatic heterocycles. The van der Waals surface area contributed by atoms with Crippen molar-refractivity contribution in [2.24, 2.45) is 4.99 Å². The largest absolute Gasteiger partial charge is 0.487 e. The van der Waals surface area contributed by atoms with Crippen LogP contribution in [0.15, 0.2) is 53.5 Å². The third-order valence-electron chi connectivity index (χ3n) is 4.90. The molecule has 6 nitrogen and oxygen atoms in total. The Balaban J connectivity index is 0.00000341. The fourth-order valence-electron chi connectivity index (χ4n) is 3.57. The molecule has 1 atom stereocenters. The van der Waals surface area contributed by atoms with Crippen LogP contribution >= 0.6 is 24.0 Å². The minimum absolute atomic E-state index is 0. The zero-order chi connectivity index (χ0) is 21.6. The van der Waals surface area contributed by atoms with Crippen LogP contribution in [-0.2, 0) is 11.2 Å². The number of carbonyl (C=O) groups excluding carboxylic acids is 1. The third kappa shape index (κ3) is 7.37. The maximum Gasteiger partial charge on any atom is 0.224 e. The summed E-state index contributed by atoms with van der Waals surface area (Å²) < 4.78 is 19.3. The summed E-state index contributed by atoms with van der Waals surface area (Å²) in [5.41, 5.74) is 1.47. The van der Waals surface area contributed by atoms with E-state index in [1.807, 2.05) is 18.2 Å². The lowest BCUT2D eigenvalue weighted by molar-refractivity contribution is -0.120. The molecular weight excluding hydrogens is 510 g/mol. The van der Waals surface area contributed by atoms with Crippen molar-refractivity contribution in [1.29, 1.82) is 0 Å². The first-order chi connectivity index (χ1) is 14.4. The molecule has 0 aliphatic carbocycles. The summed E-state index contributed by atoms with van der Waals surface area (Å²) in [6, 6.07) is 14.1. The summed E-state index contributed by atoms with van der Waals surface area (Å²) in [6.45, 7) is 5.09. The van der Waals surface area contributed by atoms with Crippen LogP contribution < -0.4 is 20.7 Å². The second-order valence-corrected chi connectivity index (χ2v) is 7.96. The van der Waals surface area contributed by atoms with Gasteiger partial charge in [-0.25, -0.2) is 4.39 Å². The normalized spacial score (nSPS) is 16.9. The average molecular weight is 540 g/mol. The van der Waals surface area contributed by atoms with Gasteiger partial charge >= 0.3 is 0 Å². The zero-order valence-electron chi connectivity index (χ0n) is 18.1. The predicted molar refractivity (Wildman–Crippen MR) is 132 cm³/mol. The van der Waals surface area contributed by atoms with Crippen LogP contribution in [0.5, 0.6) is 5.75 Å². The number of hydrogen-bond acceptors (Lipinski definition) is 3. The lowest BCUT2D eigenvalue weighted by Crippen LogP contribution is -2.46. The summed E-state index contributed by atoms with van der Waals surface area (Å²) in [5.74, 6) is 1.05. The minimum Gasteiger partial charge on any atom is -0.487 e. The number of amides is 1. The van der Waals surface area contributed by atoms with Crippen molar-refractivity contribution in [3.63, 3.8) is 0 Å². The highest BCUT2D eigenvalue weighted by Crippen LogP contribution is 2.39. The molecule has 8 heteroatoms. The SMILES string of the molecule is CN=C(NCCNC(=O)Cc1cccc(F)c1)NC1CC(C)(C)Oc2ccccc21.I. The molecule has 1 aliphatic rings. The van der Waals surface area contributed by atoms with E-state index >= 15 is 0 Å². The van der Waals surface area contributed by atoms with Gasteiger partial charge < -0.3 is 20.7 Å². The predicted octanol–water partition coefficient (Wildman–Crippen LogP) is 3.57. The van der Waals surface area contributed by atoms with Crippen LogP contribution in [0.3, 0.4) is 0 Å². The number of fused-ring (bicyclic) bond motifs is 1. The Bertz CT molecular complexity index is 920. The number of rotatable bonds is 6. The molecular formula is C23H30FIN4O2. The molecule has 0 fully saturated rings. The highest BCUT2D eigenvalue weighted by molar-refractivity contribution is 14.0. The number of aliphatic imine (C=N–C) groups is 1. The zero-order valence-corrected chi connectivity index (χ0v) is 20.4. The Morgan fingerprint density at radius 3 is 2.65 bits per heavy atom. The topological polar surface area (TPSA) is 74.8 Å². The average Bonchev–Trinajstić information content (AvgIpc) is 2.69. The molecule has 2 aromatic rings. The van der Waals surface area contributed by atoms with Crippen LogP contribution in [-0.4, -0.2) is 37.6 Å². The highest BCUT2D eigenvalue weighted by Gasteiger charge is 2.33. The number of nitrogens with one attached hydrogen (secondary N) is 3. The number of guanidine groups is 1. The molecule has 1 unspecified atom stereocenters. The highest BCUT2D eigenvalue weighted by atomic mass is 127. The molecule has 31 heavy (non-hydrogen) atoms. The molecule has 0 spiro atoms. The Labute approximate surface area is 200 Å². The Morgan fingerprint density at radius 1 is 1.16 bits per heavy atom. The molecule has 0 radical (unpaired) electrons. The number of nitrogens with zero attached hydrogens (tertiary/aromatic N) is 1. The van der Waals surface area contributed by atoms with Gasteiger partial charge in [0.2, 0.25) is 5.91 Å². The lowest BCUT2D eigenvalue weighted by atomic mass is 9.90. The first kappa shape index (κ1) is 24.9. The molecule has 0 saturated heterocycles. The van der Waals surface area contributed by atoms with E-state index in [1.165, 1.54) is 12.1 Å². The second kappa shape index (κ2) is 11.3. The number of carbonyl (C=O) groups is 1. The van der Waals surface area contributed by atoms with E-state index in [1.54, 1.807) is 19.2 Å². The van der Waals surface area contributed by atoms with E-state index in [4.69, 9.17) is 4.74 Å². The van der Waals surface area contributed by atoms with Gasteiger partial charge in [0.05, 0.1) is 12.5 Å². The van der Waals surface area contributed by atoms with Crippen molar-refractivity contribution in [3.05, 3.63) is 65.5 Å². The van der Waals surface area contributed by atoms with Crippen molar-refractivity contribution >= 4 is 35.8 Å². The summed E-state index contributed by atoms with van der Waals surface area (Å²) in [5, 5.41) is 9.52. The molecule has 168 valence electrons. The van der Waals surface area contributed by atoms with Gasteiger partial charge in [-0.15, -0.1) is 24.0 Å². The molecule has 1 aliphatic heterocycles. The molecule has 1 heterocycles. The molecule has 0 saturated carbocycles. The van der Waals surface area contributed by atoms with Gasteiger partial charge in [-0.3, -0.25) is 9.79 Å². The number of halogens is 2. The van der Waals surface area contributed by atoms with Gasteiger partial charge in [0, 0.05) is 32.1 Å². The standard InChI is InChI=1S/C23H29FN4O2.HI/c1-23(2)15-19(18-9-4-5-10-20(18)30-23)28-22(25-3)27-12-11-26-21(29)14-16-7-6-8-17(24)13-16;/h4-10,13,19H,11-12,14-15H2,1-3H3,(H,26,29)(H2,25,27,28);1H. The van der Waals surface area contributed by atoms with Gasteiger partial charge in [0.25, 0.3) is 0 Å². The van der Waals surface area contributed by atoms with Crippen LogP contribution in [0.25, 0.3) is 0 Å².